The van der Waals surface area contributed by atoms with Gasteiger partial charge in [0.1, 0.15) is 6.04 Å². The molecule has 0 aromatic heterocycles. The van der Waals surface area contributed by atoms with Gasteiger partial charge in [-0.15, -0.1) is 0 Å². The molecule has 4 nitrogen and oxygen atoms in total. The third-order valence-corrected chi connectivity index (χ3v) is 4.50. The number of fused-ring (bicyclic) bond motifs is 1. The lowest BCUT2D eigenvalue weighted by molar-refractivity contribution is -0.121. The summed E-state index contributed by atoms with van der Waals surface area (Å²) in [4.78, 5) is 12.6. The Kier molecular flexibility index (Phi) is 6.58. The largest absolute Gasteiger partial charge is 0.373 e. The monoisotopic (exact) mass is 371 g/mol. The van der Waals surface area contributed by atoms with Crippen LogP contribution in [0.3, 0.4) is 0 Å². The molecule has 0 aliphatic carbocycles. The third-order valence-electron chi connectivity index (χ3n) is 4.50. The van der Waals surface area contributed by atoms with E-state index in [1.165, 1.54) is 0 Å². The van der Waals surface area contributed by atoms with E-state index in [0.29, 0.717) is 6.42 Å². The van der Waals surface area contributed by atoms with Crippen LogP contribution in [-0.2, 0) is 4.79 Å². The van der Waals surface area contributed by atoms with Crippen LogP contribution in [0.1, 0.15) is 25.8 Å². The summed E-state index contributed by atoms with van der Waals surface area (Å²) in [5.74, 6) is -0.150. The molecule has 28 heavy (non-hydrogen) atoms. The minimum absolute atomic E-state index is 0.150. The molecule has 0 aliphatic rings. The standard InChI is InChI=1S/C24H25N3O/c1-3-22(25-23-15-9-13-20-12-7-8-14-21(20)23)24(28)27-26-18(2)16-17-19-10-5-4-6-11-19/h4-17,22,25H,3H2,1-2H3,(H,27,28)/b17-16-,26-18?/t22-/m0/s1. The van der Waals surface area contributed by atoms with Gasteiger partial charge >= 0.3 is 0 Å². The van der Waals surface area contributed by atoms with Crippen LogP contribution in [0, 0.1) is 0 Å². The van der Waals surface area contributed by atoms with Gasteiger partial charge in [-0.3, -0.25) is 4.79 Å². The summed E-state index contributed by atoms with van der Waals surface area (Å²) in [6, 6.07) is 23.8. The number of benzene rings is 3. The lowest BCUT2D eigenvalue weighted by Crippen LogP contribution is -2.37. The summed E-state index contributed by atoms with van der Waals surface area (Å²) < 4.78 is 0. The Labute approximate surface area is 166 Å². The molecule has 0 fully saturated rings. The van der Waals surface area contributed by atoms with Gasteiger partial charge < -0.3 is 5.32 Å². The van der Waals surface area contributed by atoms with Gasteiger partial charge in [0.15, 0.2) is 0 Å². The second-order valence-corrected chi connectivity index (χ2v) is 6.61. The Morgan fingerprint density at radius 3 is 2.50 bits per heavy atom. The molecule has 4 heteroatoms. The van der Waals surface area contributed by atoms with Crippen molar-refractivity contribution >= 4 is 34.2 Å². The maximum Gasteiger partial charge on any atom is 0.262 e. The normalized spacial score (nSPS) is 12.9. The molecule has 3 rings (SSSR count). The number of hydrazone groups is 1. The number of anilines is 1. The van der Waals surface area contributed by atoms with Gasteiger partial charge in [-0.2, -0.15) is 5.10 Å². The lowest BCUT2D eigenvalue weighted by Gasteiger charge is -2.18. The molecule has 0 spiro atoms. The Bertz CT molecular complexity index is 988. The molecule has 3 aromatic rings. The second-order valence-electron chi connectivity index (χ2n) is 6.61. The number of hydrogen-bond donors (Lipinski definition) is 2. The molecule has 0 aliphatic heterocycles. The first-order chi connectivity index (χ1) is 13.7. The fraction of sp³-hybridized carbons (Fsp3) is 0.167. The van der Waals surface area contributed by atoms with E-state index in [1.807, 2.05) is 80.6 Å². The van der Waals surface area contributed by atoms with Crippen molar-refractivity contribution in [2.24, 2.45) is 5.10 Å². The predicted octanol–water partition coefficient (Wildman–Crippen LogP) is 5.24. The van der Waals surface area contributed by atoms with Crippen LogP contribution in [0.15, 0.2) is 84.0 Å². The summed E-state index contributed by atoms with van der Waals surface area (Å²) in [6.45, 7) is 3.84. The molecule has 0 heterocycles. The molecule has 0 saturated carbocycles. The van der Waals surface area contributed by atoms with Crippen LogP contribution >= 0.6 is 0 Å². The molecule has 142 valence electrons. The highest BCUT2D eigenvalue weighted by Crippen LogP contribution is 2.24. The van der Waals surface area contributed by atoms with E-state index in [4.69, 9.17) is 0 Å². The van der Waals surface area contributed by atoms with Gasteiger partial charge in [-0.1, -0.05) is 79.7 Å². The van der Waals surface area contributed by atoms with Crippen molar-refractivity contribution < 1.29 is 4.79 Å². The van der Waals surface area contributed by atoms with Gasteiger partial charge in [-0.25, -0.2) is 5.43 Å². The quantitative estimate of drug-likeness (QED) is 0.441. The van der Waals surface area contributed by atoms with E-state index >= 15 is 0 Å². The first kappa shape index (κ1) is 19.4. The number of nitrogens with one attached hydrogen (secondary N) is 2. The molecule has 2 N–H and O–H groups in total. The lowest BCUT2D eigenvalue weighted by atomic mass is 10.1. The topological polar surface area (TPSA) is 53.5 Å². The molecule has 0 saturated heterocycles. The van der Waals surface area contributed by atoms with Crippen LogP contribution in [0.4, 0.5) is 5.69 Å². The zero-order chi connectivity index (χ0) is 19.8. The van der Waals surface area contributed by atoms with Crippen LogP contribution in [0.2, 0.25) is 0 Å². The number of amides is 1. The number of carbonyl (C=O) groups is 1. The molecule has 3 aromatic carbocycles. The van der Waals surface area contributed by atoms with Gasteiger partial charge in [0.2, 0.25) is 0 Å². The molecule has 1 amide bonds. The van der Waals surface area contributed by atoms with Gasteiger partial charge in [0.25, 0.3) is 5.91 Å². The van der Waals surface area contributed by atoms with E-state index in [0.717, 1.165) is 27.7 Å². The Morgan fingerprint density at radius 1 is 1.00 bits per heavy atom. The Morgan fingerprint density at radius 2 is 1.71 bits per heavy atom. The van der Waals surface area contributed by atoms with Crippen LogP contribution in [0.25, 0.3) is 16.8 Å². The molecule has 1 atom stereocenters. The summed E-state index contributed by atoms with van der Waals surface area (Å²) in [5, 5.41) is 9.80. The number of carbonyl (C=O) groups excluding carboxylic acids is 1. The van der Waals surface area contributed by atoms with E-state index in [9.17, 15) is 4.79 Å². The number of rotatable bonds is 7. The van der Waals surface area contributed by atoms with Gasteiger partial charge in [0.05, 0.1) is 5.71 Å². The summed E-state index contributed by atoms with van der Waals surface area (Å²) in [6.07, 6.45) is 4.51. The highest BCUT2D eigenvalue weighted by atomic mass is 16.2. The fourth-order valence-corrected chi connectivity index (χ4v) is 2.93. The molecule has 0 bridgehead atoms. The van der Waals surface area contributed by atoms with E-state index < -0.39 is 0 Å². The smallest absolute Gasteiger partial charge is 0.262 e. The second kappa shape index (κ2) is 9.51. The maximum absolute atomic E-state index is 12.6. The zero-order valence-electron chi connectivity index (χ0n) is 16.2. The SMILES string of the molecule is CC[C@H](Nc1cccc2ccccc12)C(=O)NN=C(C)/C=C\c1ccccc1. The van der Waals surface area contributed by atoms with E-state index in [-0.39, 0.29) is 11.9 Å². The van der Waals surface area contributed by atoms with Crippen molar-refractivity contribution in [1.29, 1.82) is 0 Å². The summed E-state index contributed by atoms with van der Waals surface area (Å²) in [7, 11) is 0. The van der Waals surface area contributed by atoms with Gasteiger partial charge in [0, 0.05) is 11.1 Å². The minimum atomic E-state index is -0.361. The average molecular weight is 371 g/mol. The predicted molar refractivity (Wildman–Crippen MR) is 118 cm³/mol. The molecular formula is C24H25N3O. The van der Waals surface area contributed by atoms with Crippen LogP contribution < -0.4 is 10.7 Å². The Balaban J connectivity index is 1.65. The van der Waals surface area contributed by atoms with Crippen molar-refractivity contribution in [2.75, 3.05) is 5.32 Å². The first-order valence-corrected chi connectivity index (χ1v) is 9.49. The third kappa shape index (κ3) is 5.07. The van der Waals surface area contributed by atoms with Crippen LogP contribution in [0.5, 0.6) is 0 Å². The number of nitrogens with zero attached hydrogens (tertiary/aromatic N) is 1. The molecular weight excluding hydrogens is 346 g/mol. The van der Waals surface area contributed by atoms with E-state index in [1.54, 1.807) is 0 Å². The Hall–Kier alpha value is -3.40. The van der Waals surface area contributed by atoms with Crippen molar-refractivity contribution in [1.82, 2.24) is 5.43 Å². The molecule has 0 unspecified atom stereocenters. The fourth-order valence-electron chi connectivity index (χ4n) is 2.93. The molecule has 0 radical (unpaired) electrons. The summed E-state index contributed by atoms with van der Waals surface area (Å²) in [5.41, 5.74) is 5.45. The van der Waals surface area contributed by atoms with Crippen molar-refractivity contribution in [3.05, 3.63) is 84.4 Å². The average Bonchev–Trinajstić information content (AvgIpc) is 2.75. The minimum Gasteiger partial charge on any atom is -0.373 e. The van der Waals surface area contributed by atoms with Crippen LogP contribution in [-0.4, -0.2) is 17.7 Å². The highest BCUT2D eigenvalue weighted by molar-refractivity contribution is 5.98. The number of allylic oxidation sites excluding steroid dienone is 1. The first-order valence-electron chi connectivity index (χ1n) is 9.49. The van der Waals surface area contributed by atoms with Gasteiger partial charge in [-0.05, 0) is 36.4 Å². The van der Waals surface area contributed by atoms with Crippen molar-refractivity contribution in [2.45, 2.75) is 26.3 Å². The highest BCUT2D eigenvalue weighted by Gasteiger charge is 2.16. The van der Waals surface area contributed by atoms with Crippen molar-refractivity contribution in [3.8, 4) is 0 Å². The number of hydrogen-bond acceptors (Lipinski definition) is 3. The van der Waals surface area contributed by atoms with Crippen molar-refractivity contribution in [3.63, 3.8) is 0 Å². The zero-order valence-corrected chi connectivity index (χ0v) is 16.2. The van der Waals surface area contributed by atoms with E-state index in [2.05, 4.69) is 34.0 Å². The summed E-state index contributed by atoms with van der Waals surface area (Å²) >= 11 is 0. The maximum atomic E-state index is 12.6.